The minimum absolute atomic E-state index is 0.279. The fourth-order valence-electron chi connectivity index (χ4n) is 1.47. The number of carbonyl (C=O) groups excluding carboxylic acids is 1. The molecular formula is C12H10Cl3IN2OS2. The van der Waals surface area contributed by atoms with Crippen molar-refractivity contribution in [2.45, 2.75) is 9.17 Å². The Hall–Kier alpha value is 0.660. The van der Waals surface area contributed by atoms with Crippen molar-refractivity contribution in [3.8, 4) is 0 Å². The van der Waals surface area contributed by atoms with Crippen LogP contribution in [0, 0.1) is 3.57 Å². The summed E-state index contributed by atoms with van der Waals surface area (Å²) in [4.78, 5) is 16.5. The third kappa shape index (κ3) is 5.66. The van der Waals surface area contributed by atoms with Gasteiger partial charge >= 0.3 is 0 Å². The molecule has 2 rings (SSSR count). The van der Waals surface area contributed by atoms with E-state index < -0.39 is 9.17 Å². The molecule has 114 valence electrons. The Morgan fingerprint density at radius 1 is 1.38 bits per heavy atom. The van der Waals surface area contributed by atoms with E-state index in [0.717, 1.165) is 20.2 Å². The number of nitrogens with one attached hydrogen (secondary N) is 1. The number of hydrogen-bond donors (Lipinski definition) is 1. The lowest BCUT2D eigenvalue weighted by molar-refractivity contribution is 0.0950. The van der Waals surface area contributed by atoms with Gasteiger partial charge in [-0.25, -0.2) is 0 Å². The topological polar surface area (TPSA) is 41.5 Å². The molecule has 1 aliphatic heterocycles. The highest BCUT2D eigenvalue weighted by Gasteiger charge is 2.36. The molecule has 1 aromatic carbocycles. The minimum Gasteiger partial charge on any atom is -0.336 e. The third-order valence-electron chi connectivity index (χ3n) is 2.44. The van der Waals surface area contributed by atoms with Gasteiger partial charge in [0.25, 0.3) is 5.91 Å². The van der Waals surface area contributed by atoms with E-state index in [9.17, 15) is 4.79 Å². The van der Waals surface area contributed by atoms with E-state index in [2.05, 4.69) is 32.9 Å². The quantitative estimate of drug-likeness (QED) is 0.380. The number of rotatable bonds is 3. The van der Waals surface area contributed by atoms with Gasteiger partial charge in [0.05, 0.1) is 6.54 Å². The molecule has 0 aliphatic carbocycles. The highest BCUT2D eigenvalue weighted by molar-refractivity contribution is 14.1. The summed E-state index contributed by atoms with van der Waals surface area (Å²) >= 11 is 22.9. The molecule has 0 aromatic heterocycles. The van der Waals surface area contributed by atoms with Gasteiger partial charge in [0, 0.05) is 14.9 Å². The predicted molar refractivity (Wildman–Crippen MR) is 103 cm³/mol. The van der Waals surface area contributed by atoms with Crippen LogP contribution >= 0.6 is 80.9 Å². The van der Waals surface area contributed by atoms with Crippen LogP contribution in [-0.4, -0.2) is 31.7 Å². The molecule has 1 heterocycles. The zero-order valence-corrected chi connectivity index (χ0v) is 16.5. The van der Waals surface area contributed by atoms with E-state index in [4.69, 9.17) is 34.8 Å². The van der Waals surface area contributed by atoms with Gasteiger partial charge in [-0.05, 0) is 46.9 Å². The lowest BCUT2D eigenvalue weighted by Gasteiger charge is -2.24. The maximum Gasteiger partial charge on any atom is 0.252 e. The number of amides is 1. The second-order valence-corrected chi connectivity index (χ2v) is 10.1. The van der Waals surface area contributed by atoms with Crippen LogP contribution < -0.4 is 5.32 Å². The van der Waals surface area contributed by atoms with Crippen molar-refractivity contribution in [3.63, 3.8) is 0 Å². The fourth-order valence-corrected chi connectivity index (χ4v) is 4.41. The lowest BCUT2D eigenvalue weighted by atomic mass is 10.2. The molecule has 1 aromatic rings. The molecule has 1 N–H and O–H groups in total. The molecular weight excluding hydrogens is 486 g/mol. The van der Waals surface area contributed by atoms with Gasteiger partial charge in [-0.3, -0.25) is 9.79 Å². The van der Waals surface area contributed by atoms with Crippen molar-refractivity contribution in [1.29, 1.82) is 0 Å². The van der Waals surface area contributed by atoms with Crippen molar-refractivity contribution in [1.82, 2.24) is 5.32 Å². The van der Waals surface area contributed by atoms with E-state index in [1.165, 1.54) is 11.8 Å². The average Bonchev–Trinajstić information content (AvgIpc) is 2.90. The van der Waals surface area contributed by atoms with Crippen molar-refractivity contribution in [2.75, 3.05) is 12.3 Å². The molecule has 1 aliphatic rings. The normalized spacial score (nSPS) is 16.5. The molecule has 0 radical (unpaired) electrons. The van der Waals surface area contributed by atoms with Crippen LogP contribution in [0.4, 0.5) is 0 Å². The summed E-state index contributed by atoms with van der Waals surface area (Å²) in [6.07, 6.45) is 0. The molecule has 0 spiro atoms. The van der Waals surface area contributed by atoms with Crippen LogP contribution in [0.3, 0.4) is 0 Å². The van der Waals surface area contributed by atoms with Gasteiger partial charge in [-0.1, -0.05) is 58.3 Å². The summed E-state index contributed by atoms with van der Waals surface area (Å²) in [5, 5.41) is 2.06. The first-order valence-electron chi connectivity index (χ1n) is 5.83. The maximum atomic E-state index is 12.2. The smallest absolute Gasteiger partial charge is 0.252 e. The van der Waals surface area contributed by atoms with E-state index >= 15 is 0 Å². The van der Waals surface area contributed by atoms with Gasteiger partial charge in [0.1, 0.15) is 9.75 Å². The molecule has 1 amide bonds. The first kappa shape index (κ1) is 18.0. The first-order valence-corrected chi connectivity index (χ1v) is 9.91. The maximum absolute atomic E-state index is 12.2. The summed E-state index contributed by atoms with van der Waals surface area (Å²) in [5.41, 5.74) is 0.524. The van der Waals surface area contributed by atoms with Crippen LogP contribution in [0.2, 0.25) is 0 Å². The zero-order valence-electron chi connectivity index (χ0n) is 10.5. The number of nitrogens with zero attached hydrogens (tertiary/aromatic N) is 1. The first-order chi connectivity index (χ1) is 9.86. The number of aliphatic imine (C=N–C) groups is 1. The van der Waals surface area contributed by atoms with Crippen LogP contribution in [0.15, 0.2) is 29.3 Å². The van der Waals surface area contributed by atoms with Crippen molar-refractivity contribution in [3.05, 3.63) is 33.4 Å². The molecule has 1 atom stereocenters. The molecule has 0 bridgehead atoms. The SMILES string of the molecule is O=C(NC(SC1=NCCS1)C(Cl)(Cl)Cl)c1ccc(I)cc1. The second kappa shape index (κ2) is 7.97. The molecule has 3 nitrogen and oxygen atoms in total. The molecule has 1 unspecified atom stereocenters. The Kier molecular flexibility index (Phi) is 6.83. The van der Waals surface area contributed by atoms with E-state index in [1.807, 2.05) is 12.1 Å². The summed E-state index contributed by atoms with van der Waals surface area (Å²) in [5.74, 6) is 0.638. The Morgan fingerprint density at radius 3 is 2.57 bits per heavy atom. The van der Waals surface area contributed by atoms with Gasteiger partial charge < -0.3 is 5.32 Å². The number of carbonyl (C=O) groups is 1. The highest BCUT2D eigenvalue weighted by Crippen LogP contribution is 2.39. The minimum atomic E-state index is -1.62. The highest BCUT2D eigenvalue weighted by atomic mass is 127. The lowest BCUT2D eigenvalue weighted by Crippen LogP contribution is -2.41. The number of hydrogen-bond acceptors (Lipinski definition) is 4. The van der Waals surface area contributed by atoms with Gasteiger partial charge in [0.15, 0.2) is 0 Å². The summed E-state index contributed by atoms with van der Waals surface area (Å²) in [6, 6.07) is 7.17. The Labute approximate surface area is 160 Å². The summed E-state index contributed by atoms with van der Waals surface area (Å²) in [7, 11) is 0. The second-order valence-electron chi connectivity index (χ2n) is 4.02. The van der Waals surface area contributed by atoms with E-state index in [-0.39, 0.29) is 5.91 Å². The van der Waals surface area contributed by atoms with Crippen molar-refractivity contribution >= 4 is 91.2 Å². The number of thioether (sulfide) groups is 2. The monoisotopic (exact) mass is 494 g/mol. The molecule has 9 heteroatoms. The van der Waals surface area contributed by atoms with Gasteiger partial charge in [0.2, 0.25) is 3.79 Å². The summed E-state index contributed by atoms with van der Waals surface area (Å²) in [6.45, 7) is 0.755. The Bertz CT molecular complexity index is 548. The number of halogens is 4. The third-order valence-corrected chi connectivity index (χ3v) is 6.65. The van der Waals surface area contributed by atoms with E-state index in [1.54, 1.807) is 23.9 Å². The molecule has 0 saturated carbocycles. The molecule has 0 fully saturated rings. The number of alkyl halides is 3. The van der Waals surface area contributed by atoms with Crippen LogP contribution in [0.25, 0.3) is 0 Å². The molecule has 21 heavy (non-hydrogen) atoms. The Morgan fingerprint density at radius 2 is 2.05 bits per heavy atom. The average molecular weight is 496 g/mol. The van der Waals surface area contributed by atoms with E-state index in [0.29, 0.717) is 5.56 Å². The fraction of sp³-hybridized carbons (Fsp3) is 0.333. The zero-order chi connectivity index (χ0) is 15.5. The van der Waals surface area contributed by atoms with Crippen molar-refractivity contribution in [2.24, 2.45) is 4.99 Å². The summed E-state index contributed by atoms with van der Waals surface area (Å²) < 4.78 is 0.261. The van der Waals surface area contributed by atoms with Gasteiger partial charge in [-0.2, -0.15) is 0 Å². The van der Waals surface area contributed by atoms with Crippen LogP contribution in [0.1, 0.15) is 10.4 Å². The largest absolute Gasteiger partial charge is 0.336 e. The van der Waals surface area contributed by atoms with Crippen molar-refractivity contribution < 1.29 is 4.79 Å². The predicted octanol–water partition coefficient (Wildman–Crippen LogP) is 4.55. The van der Waals surface area contributed by atoms with Crippen LogP contribution in [0.5, 0.6) is 0 Å². The molecule has 0 saturated heterocycles. The van der Waals surface area contributed by atoms with Gasteiger partial charge in [-0.15, -0.1) is 0 Å². The standard InChI is InChI=1S/C12H10Cl3IN2OS2/c13-12(14,15)10(21-11-17-5-6-20-11)18-9(19)7-1-3-8(16)4-2-7/h1-4,10H,5-6H2,(H,18,19). The number of benzene rings is 1. The Balaban J connectivity index is 2.07. The van der Waals surface area contributed by atoms with Crippen LogP contribution in [-0.2, 0) is 0 Å².